The third-order valence-electron chi connectivity index (χ3n) is 3.06. The van der Waals surface area contributed by atoms with Crippen molar-refractivity contribution in [1.82, 2.24) is 4.90 Å². The average Bonchev–Trinajstić information content (AvgIpc) is 2.54. The molecule has 5 heteroatoms. The zero-order valence-electron chi connectivity index (χ0n) is 9.67. The third kappa shape index (κ3) is 2.34. The zero-order chi connectivity index (χ0) is 12.4. The molecule has 2 atom stereocenters. The van der Waals surface area contributed by atoms with Gasteiger partial charge in [0.1, 0.15) is 11.9 Å². The summed E-state index contributed by atoms with van der Waals surface area (Å²) in [6.45, 7) is 0.367. The number of aromatic hydroxyl groups is 1. The molecule has 0 aromatic heterocycles. The summed E-state index contributed by atoms with van der Waals surface area (Å²) in [5.74, 6) is 0.212. The molecular formula is C12H16N2O3. The van der Waals surface area contributed by atoms with E-state index in [0.717, 1.165) is 5.56 Å². The first-order valence-electron chi connectivity index (χ1n) is 5.53. The van der Waals surface area contributed by atoms with Crippen LogP contribution in [0.3, 0.4) is 0 Å². The molecule has 1 aromatic rings. The molecule has 92 valence electrons. The highest BCUT2D eigenvalue weighted by Gasteiger charge is 2.38. The normalized spacial score (nSPS) is 23.9. The minimum Gasteiger partial charge on any atom is -0.508 e. The second-order valence-electron chi connectivity index (χ2n) is 4.21. The molecule has 5 nitrogen and oxygen atoms in total. The van der Waals surface area contributed by atoms with E-state index in [1.165, 1.54) is 4.90 Å². The Kier molecular flexibility index (Phi) is 3.19. The summed E-state index contributed by atoms with van der Waals surface area (Å²) >= 11 is 0. The summed E-state index contributed by atoms with van der Waals surface area (Å²) < 4.78 is 5.25. The van der Waals surface area contributed by atoms with E-state index in [4.69, 9.17) is 10.5 Å². The number of ether oxygens (including phenoxy) is 1. The Bertz CT molecular complexity index is 422. The van der Waals surface area contributed by atoms with Gasteiger partial charge in [0, 0.05) is 20.0 Å². The molecule has 1 heterocycles. The number of carbonyl (C=O) groups is 1. The van der Waals surface area contributed by atoms with Gasteiger partial charge in [-0.1, -0.05) is 12.1 Å². The van der Waals surface area contributed by atoms with E-state index in [2.05, 4.69) is 0 Å². The quantitative estimate of drug-likeness (QED) is 0.810. The zero-order valence-corrected chi connectivity index (χ0v) is 9.67. The molecule has 1 fully saturated rings. The predicted molar refractivity (Wildman–Crippen MR) is 62.7 cm³/mol. The van der Waals surface area contributed by atoms with Crippen LogP contribution in [-0.4, -0.2) is 41.8 Å². The van der Waals surface area contributed by atoms with Crippen LogP contribution in [0, 0.1) is 0 Å². The van der Waals surface area contributed by atoms with Crippen LogP contribution in [0.1, 0.15) is 5.56 Å². The van der Waals surface area contributed by atoms with E-state index < -0.39 is 0 Å². The van der Waals surface area contributed by atoms with Crippen LogP contribution in [0.4, 0.5) is 4.79 Å². The summed E-state index contributed by atoms with van der Waals surface area (Å²) in [6.07, 6.45) is -0.0308. The maximum Gasteiger partial charge on any atom is 0.410 e. The van der Waals surface area contributed by atoms with Crippen molar-refractivity contribution in [3.63, 3.8) is 0 Å². The Morgan fingerprint density at radius 1 is 1.53 bits per heavy atom. The smallest absolute Gasteiger partial charge is 0.410 e. The Morgan fingerprint density at radius 3 is 2.94 bits per heavy atom. The van der Waals surface area contributed by atoms with Crippen molar-refractivity contribution in [2.75, 3.05) is 13.6 Å². The number of benzene rings is 1. The van der Waals surface area contributed by atoms with Crippen LogP contribution in [0.25, 0.3) is 0 Å². The number of amides is 1. The van der Waals surface area contributed by atoms with E-state index in [1.54, 1.807) is 25.2 Å². The number of hydrogen-bond acceptors (Lipinski definition) is 4. The van der Waals surface area contributed by atoms with Gasteiger partial charge >= 0.3 is 6.09 Å². The number of carbonyl (C=O) groups excluding carboxylic acids is 1. The lowest BCUT2D eigenvalue weighted by Gasteiger charge is -2.19. The van der Waals surface area contributed by atoms with Crippen molar-refractivity contribution >= 4 is 6.09 Å². The maximum atomic E-state index is 11.4. The summed E-state index contributed by atoms with van der Waals surface area (Å²) in [5, 5.41) is 9.37. The molecular weight excluding hydrogens is 220 g/mol. The molecule has 2 unspecified atom stereocenters. The van der Waals surface area contributed by atoms with Crippen molar-refractivity contribution in [1.29, 1.82) is 0 Å². The molecule has 1 aromatic carbocycles. The van der Waals surface area contributed by atoms with E-state index >= 15 is 0 Å². The molecule has 1 amide bonds. The number of hydrogen-bond donors (Lipinski definition) is 2. The fourth-order valence-corrected chi connectivity index (χ4v) is 2.08. The Labute approximate surface area is 99.8 Å². The minimum absolute atomic E-state index is 0.107. The molecule has 3 N–H and O–H groups in total. The highest BCUT2D eigenvalue weighted by Crippen LogP contribution is 2.22. The van der Waals surface area contributed by atoms with Gasteiger partial charge in [0.05, 0.1) is 6.04 Å². The van der Waals surface area contributed by atoms with Gasteiger partial charge < -0.3 is 20.5 Å². The first kappa shape index (κ1) is 11.7. The topological polar surface area (TPSA) is 75.8 Å². The second-order valence-corrected chi connectivity index (χ2v) is 4.21. The SMILES string of the molecule is CN1C(=O)OC(Cc2cccc(O)c2)C1CN. The molecule has 0 bridgehead atoms. The summed E-state index contributed by atoms with van der Waals surface area (Å²) in [4.78, 5) is 12.9. The van der Waals surface area contributed by atoms with E-state index in [1.807, 2.05) is 6.07 Å². The summed E-state index contributed by atoms with van der Waals surface area (Å²) in [7, 11) is 1.68. The van der Waals surface area contributed by atoms with Gasteiger partial charge in [-0.25, -0.2) is 4.79 Å². The molecule has 0 aliphatic carbocycles. The molecule has 1 aliphatic rings. The van der Waals surface area contributed by atoms with Crippen LogP contribution in [0.2, 0.25) is 0 Å². The Morgan fingerprint density at radius 2 is 2.29 bits per heavy atom. The second kappa shape index (κ2) is 4.63. The number of likely N-dealkylation sites (N-methyl/N-ethyl adjacent to an activating group) is 1. The van der Waals surface area contributed by atoms with Gasteiger partial charge in [0.15, 0.2) is 0 Å². The number of rotatable bonds is 3. The van der Waals surface area contributed by atoms with Crippen LogP contribution in [-0.2, 0) is 11.2 Å². The number of phenols is 1. The van der Waals surface area contributed by atoms with Gasteiger partial charge in [-0.3, -0.25) is 0 Å². The number of nitrogens with two attached hydrogens (primary N) is 1. The number of nitrogens with zero attached hydrogens (tertiary/aromatic N) is 1. The Balaban J connectivity index is 2.11. The molecule has 17 heavy (non-hydrogen) atoms. The molecule has 1 aliphatic heterocycles. The monoisotopic (exact) mass is 236 g/mol. The lowest BCUT2D eigenvalue weighted by atomic mass is 10.0. The van der Waals surface area contributed by atoms with Crippen LogP contribution >= 0.6 is 0 Å². The minimum atomic E-state index is -0.342. The molecule has 2 rings (SSSR count). The van der Waals surface area contributed by atoms with Gasteiger partial charge in [-0.05, 0) is 17.7 Å². The maximum absolute atomic E-state index is 11.4. The highest BCUT2D eigenvalue weighted by molar-refractivity contribution is 5.70. The first-order valence-corrected chi connectivity index (χ1v) is 5.53. The summed E-state index contributed by atoms with van der Waals surface area (Å²) in [5.41, 5.74) is 6.56. The van der Waals surface area contributed by atoms with Gasteiger partial charge in [0.2, 0.25) is 0 Å². The molecule has 1 saturated heterocycles. The Hall–Kier alpha value is -1.75. The van der Waals surface area contributed by atoms with Gasteiger partial charge in [-0.2, -0.15) is 0 Å². The lowest BCUT2D eigenvalue weighted by molar-refractivity contribution is 0.130. The average molecular weight is 236 g/mol. The van der Waals surface area contributed by atoms with Crippen LogP contribution in [0.5, 0.6) is 5.75 Å². The van der Waals surface area contributed by atoms with Crippen molar-refractivity contribution in [2.24, 2.45) is 5.73 Å². The standard InChI is InChI=1S/C12H16N2O3/c1-14-10(7-13)11(17-12(14)16)6-8-3-2-4-9(15)5-8/h2-5,10-11,15H,6-7,13H2,1H3. The third-order valence-corrected chi connectivity index (χ3v) is 3.06. The van der Waals surface area contributed by atoms with Gasteiger partial charge in [-0.15, -0.1) is 0 Å². The predicted octanol–water partition coefficient (Wildman–Crippen LogP) is 0.713. The van der Waals surface area contributed by atoms with Crippen molar-refractivity contribution in [3.05, 3.63) is 29.8 Å². The first-order chi connectivity index (χ1) is 8.11. The molecule has 0 radical (unpaired) electrons. The van der Waals surface area contributed by atoms with E-state index in [-0.39, 0.29) is 24.0 Å². The van der Waals surface area contributed by atoms with E-state index in [9.17, 15) is 9.90 Å². The molecule has 0 spiro atoms. The number of phenolic OH excluding ortho intramolecular Hbond substituents is 1. The van der Waals surface area contributed by atoms with Crippen LogP contribution in [0.15, 0.2) is 24.3 Å². The van der Waals surface area contributed by atoms with Crippen molar-refractivity contribution in [3.8, 4) is 5.75 Å². The van der Waals surface area contributed by atoms with Crippen LogP contribution < -0.4 is 5.73 Å². The highest BCUT2D eigenvalue weighted by atomic mass is 16.6. The molecule has 0 saturated carbocycles. The largest absolute Gasteiger partial charge is 0.508 e. The van der Waals surface area contributed by atoms with E-state index in [0.29, 0.717) is 13.0 Å². The fourth-order valence-electron chi connectivity index (χ4n) is 2.08. The lowest BCUT2D eigenvalue weighted by Crippen LogP contribution is -2.40. The fraction of sp³-hybridized carbons (Fsp3) is 0.417. The van der Waals surface area contributed by atoms with Crippen molar-refractivity contribution in [2.45, 2.75) is 18.6 Å². The summed E-state index contributed by atoms with van der Waals surface area (Å²) in [6, 6.07) is 6.82. The number of cyclic esters (lactones) is 1. The van der Waals surface area contributed by atoms with Crippen molar-refractivity contribution < 1.29 is 14.6 Å². The van der Waals surface area contributed by atoms with Gasteiger partial charge in [0.25, 0.3) is 0 Å².